The lowest BCUT2D eigenvalue weighted by atomic mass is 10.2. The highest BCUT2D eigenvalue weighted by molar-refractivity contribution is 5.50. The van der Waals surface area contributed by atoms with Crippen LogP contribution in [-0.4, -0.2) is 41.1 Å². The van der Waals surface area contributed by atoms with Crippen LogP contribution in [0.2, 0.25) is 0 Å². The van der Waals surface area contributed by atoms with Gasteiger partial charge in [0.2, 0.25) is 5.95 Å². The zero-order valence-corrected chi connectivity index (χ0v) is 11.7. The zero-order valence-electron chi connectivity index (χ0n) is 11.7. The van der Waals surface area contributed by atoms with Gasteiger partial charge in [-0.05, 0) is 18.2 Å². The van der Waals surface area contributed by atoms with Crippen molar-refractivity contribution in [3.05, 3.63) is 42.4 Å². The van der Waals surface area contributed by atoms with Gasteiger partial charge in [-0.2, -0.15) is 13.2 Å². The molecule has 2 aromatic heterocycles. The molecular formula is C14H14F3N5. The number of aromatic nitrogens is 3. The van der Waals surface area contributed by atoms with Crippen molar-refractivity contribution in [3.8, 4) is 0 Å². The molecule has 5 nitrogen and oxygen atoms in total. The summed E-state index contributed by atoms with van der Waals surface area (Å²) in [5, 5.41) is 0. The number of rotatable bonds is 2. The molecule has 116 valence electrons. The Morgan fingerprint density at radius 2 is 1.41 bits per heavy atom. The fraction of sp³-hybridized carbons (Fsp3) is 0.357. The quantitative estimate of drug-likeness (QED) is 0.851. The number of alkyl halides is 3. The predicted octanol–water partition coefficient (Wildman–Crippen LogP) is 2.22. The van der Waals surface area contributed by atoms with Gasteiger partial charge in [-0.3, -0.25) is 0 Å². The normalized spacial score (nSPS) is 16.0. The molecule has 0 bridgehead atoms. The number of hydrogen-bond donors (Lipinski definition) is 0. The van der Waals surface area contributed by atoms with Crippen LogP contribution < -0.4 is 9.80 Å². The maximum absolute atomic E-state index is 13.0. The summed E-state index contributed by atoms with van der Waals surface area (Å²) in [6.07, 6.45) is 0.283. The molecule has 1 aliphatic rings. The van der Waals surface area contributed by atoms with Gasteiger partial charge in [0.15, 0.2) is 0 Å². The van der Waals surface area contributed by atoms with E-state index in [1.165, 1.54) is 12.3 Å². The van der Waals surface area contributed by atoms with Gasteiger partial charge in [-0.1, -0.05) is 0 Å². The van der Waals surface area contributed by atoms with Crippen molar-refractivity contribution in [1.82, 2.24) is 15.0 Å². The van der Waals surface area contributed by atoms with Crippen LogP contribution in [0.15, 0.2) is 36.8 Å². The van der Waals surface area contributed by atoms with E-state index in [1.807, 2.05) is 4.90 Å². The lowest BCUT2D eigenvalue weighted by Crippen LogP contribution is -2.47. The Hall–Kier alpha value is -2.38. The summed E-state index contributed by atoms with van der Waals surface area (Å²) in [4.78, 5) is 15.8. The first-order chi connectivity index (χ1) is 10.6. The number of pyridine rings is 1. The van der Waals surface area contributed by atoms with Gasteiger partial charge < -0.3 is 9.80 Å². The van der Waals surface area contributed by atoms with E-state index < -0.39 is 11.7 Å². The Morgan fingerprint density at radius 3 is 2.05 bits per heavy atom. The highest BCUT2D eigenvalue weighted by atomic mass is 19.4. The molecule has 2 aromatic rings. The van der Waals surface area contributed by atoms with Crippen LogP contribution in [0, 0.1) is 0 Å². The monoisotopic (exact) mass is 309 g/mol. The van der Waals surface area contributed by atoms with Gasteiger partial charge in [0.1, 0.15) is 5.82 Å². The first-order valence-corrected chi connectivity index (χ1v) is 6.85. The van der Waals surface area contributed by atoms with Gasteiger partial charge in [0, 0.05) is 44.8 Å². The van der Waals surface area contributed by atoms with Crippen LogP contribution >= 0.6 is 0 Å². The fourth-order valence-corrected chi connectivity index (χ4v) is 2.44. The Labute approximate surface area is 125 Å². The molecule has 0 radical (unpaired) electrons. The van der Waals surface area contributed by atoms with E-state index in [1.54, 1.807) is 23.4 Å². The molecule has 0 aliphatic carbocycles. The lowest BCUT2D eigenvalue weighted by molar-refractivity contribution is -0.137. The minimum absolute atomic E-state index is 0.0105. The van der Waals surface area contributed by atoms with Crippen molar-refractivity contribution in [1.29, 1.82) is 0 Å². The third-order valence-electron chi connectivity index (χ3n) is 3.51. The predicted molar refractivity (Wildman–Crippen MR) is 75.7 cm³/mol. The summed E-state index contributed by atoms with van der Waals surface area (Å²) in [6.45, 7) is 1.99. The maximum Gasteiger partial charge on any atom is 0.419 e. The zero-order chi connectivity index (χ0) is 15.6. The highest BCUT2D eigenvalue weighted by Gasteiger charge is 2.36. The molecular weight excluding hydrogens is 295 g/mol. The van der Waals surface area contributed by atoms with E-state index in [0.717, 1.165) is 6.07 Å². The molecule has 0 unspecified atom stereocenters. The van der Waals surface area contributed by atoms with Crippen LogP contribution in [0.5, 0.6) is 0 Å². The second-order valence-electron chi connectivity index (χ2n) is 4.90. The fourth-order valence-electron chi connectivity index (χ4n) is 2.44. The van der Waals surface area contributed by atoms with Crippen molar-refractivity contribution >= 4 is 11.8 Å². The number of hydrogen-bond acceptors (Lipinski definition) is 5. The Morgan fingerprint density at radius 1 is 0.818 bits per heavy atom. The molecule has 22 heavy (non-hydrogen) atoms. The molecule has 3 rings (SSSR count). The van der Waals surface area contributed by atoms with Gasteiger partial charge in [0.25, 0.3) is 0 Å². The maximum atomic E-state index is 13.0. The van der Waals surface area contributed by atoms with Crippen molar-refractivity contribution in [2.75, 3.05) is 36.0 Å². The van der Waals surface area contributed by atoms with E-state index >= 15 is 0 Å². The minimum Gasteiger partial charge on any atom is -0.353 e. The summed E-state index contributed by atoms with van der Waals surface area (Å²) in [6, 6.07) is 4.10. The van der Waals surface area contributed by atoms with Crippen LogP contribution in [0.1, 0.15) is 5.56 Å². The second-order valence-corrected chi connectivity index (χ2v) is 4.90. The highest BCUT2D eigenvalue weighted by Crippen LogP contribution is 2.35. The summed E-state index contributed by atoms with van der Waals surface area (Å²) >= 11 is 0. The van der Waals surface area contributed by atoms with E-state index in [2.05, 4.69) is 15.0 Å². The topological polar surface area (TPSA) is 45.2 Å². The third-order valence-corrected chi connectivity index (χ3v) is 3.51. The van der Waals surface area contributed by atoms with Crippen LogP contribution in [0.4, 0.5) is 24.9 Å². The van der Waals surface area contributed by atoms with Gasteiger partial charge in [0.05, 0.1) is 5.56 Å². The molecule has 1 aliphatic heterocycles. The molecule has 3 heterocycles. The summed E-state index contributed by atoms with van der Waals surface area (Å²) in [7, 11) is 0. The molecule has 0 atom stereocenters. The van der Waals surface area contributed by atoms with Crippen molar-refractivity contribution in [2.45, 2.75) is 6.18 Å². The summed E-state index contributed by atoms with van der Waals surface area (Å²) < 4.78 is 39.1. The molecule has 8 heteroatoms. The number of piperazine rings is 1. The van der Waals surface area contributed by atoms with Gasteiger partial charge >= 0.3 is 6.18 Å². The smallest absolute Gasteiger partial charge is 0.353 e. The average Bonchev–Trinajstić information content (AvgIpc) is 2.55. The number of anilines is 2. The second kappa shape index (κ2) is 5.78. The first-order valence-electron chi connectivity index (χ1n) is 6.85. The van der Waals surface area contributed by atoms with E-state index in [0.29, 0.717) is 32.1 Å². The minimum atomic E-state index is -4.40. The Kier molecular flexibility index (Phi) is 3.82. The number of nitrogens with zero attached hydrogens (tertiary/aromatic N) is 5. The van der Waals surface area contributed by atoms with Crippen molar-refractivity contribution < 1.29 is 13.2 Å². The largest absolute Gasteiger partial charge is 0.419 e. The lowest BCUT2D eigenvalue weighted by Gasteiger charge is -2.36. The molecule has 1 saturated heterocycles. The Balaban J connectivity index is 1.75. The van der Waals surface area contributed by atoms with Crippen molar-refractivity contribution in [3.63, 3.8) is 0 Å². The van der Waals surface area contributed by atoms with Gasteiger partial charge in [-0.25, -0.2) is 15.0 Å². The standard InChI is InChI=1S/C14H14F3N5/c15-14(16,17)11-3-1-4-18-12(11)21-7-9-22(10-8-21)13-19-5-2-6-20-13/h1-6H,7-10H2. The van der Waals surface area contributed by atoms with E-state index in [9.17, 15) is 13.2 Å². The van der Waals surface area contributed by atoms with Crippen LogP contribution in [0.3, 0.4) is 0 Å². The average molecular weight is 309 g/mol. The van der Waals surface area contributed by atoms with Crippen LogP contribution in [-0.2, 0) is 6.18 Å². The van der Waals surface area contributed by atoms with Crippen LogP contribution in [0.25, 0.3) is 0 Å². The number of halogens is 3. The molecule has 0 amide bonds. The molecule has 1 fully saturated rings. The van der Waals surface area contributed by atoms with Gasteiger partial charge in [-0.15, -0.1) is 0 Å². The SMILES string of the molecule is FC(F)(F)c1cccnc1N1CCN(c2ncccn2)CC1. The first kappa shape index (κ1) is 14.6. The summed E-state index contributed by atoms with van der Waals surface area (Å²) in [5.41, 5.74) is -0.695. The van der Waals surface area contributed by atoms with Crippen molar-refractivity contribution in [2.24, 2.45) is 0 Å². The van der Waals surface area contributed by atoms with E-state index in [4.69, 9.17) is 0 Å². The van der Waals surface area contributed by atoms with E-state index in [-0.39, 0.29) is 5.82 Å². The molecule has 0 N–H and O–H groups in total. The molecule has 0 saturated carbocycles. The Bertz CT molecular complexity index is 624. The third kappa shape index (κ3) is 2.95. The molecule has 0 spiro atoms. The molecule has 0 aromatic carbocycles. The summed E-state index contributed by atoms with van der Waals surface area (Å²) in [5.74, 6) is 0.586.